The molecule has 0 atom stereocenters. The molecule has 1 heterocycles. The van der Waals surface area contributed by atoms with E-state index in [9.17, 15) is 5.11 Å². The summed E-state index contributed by atoms with van der Waals surface area (Å²) in [6, 6.07) is 10.8. The van der Waals surface area contributed by atoms with Gasteiger partial charge in [0.05, 0.1) is 5.60 Å². The third-order valence-corrected chi connectivity index (χ3v) is 4.91. The highest BCUT2D eigenvalue weighted by atomic mass is 16.3. The second-order valence-corrected chi connectivity index (χ2v) is 6.34. The molecule has 1 aliphatic rings. The first-order chi connectivity index (χ1) is 9.65. The lowest BCUT2D eigenvalue weighted by atomic mass is 9.89. The maximum Gasteiger partial charge on any atom is 0.0768 e. The molecule has 2 heteroatoms. The van der Waals surface area contributed by atoms with Gasteiger partial charge in [-0.25, -0.2) is 0 Å². The molecule has 1 fully saturated rings. The van der Waals surface area contributed by atoms with Crippen LogP contribution in [0.3, 0.4) is 0 Å². The van der Waals surface area contributed by atoms with Crippen molar-refractivity contribution in [1.82, 2.24) is 4.90 Å². The van der Waals surface area contributed by atoms with Gasteiger partial charge in [0.2, 0.25) is 0 Å². The van der Waals surface area contributed by atoms with E-state index in [4.69, 9.17) is 0 Å². The van der Waals surface area contributed by atoms with Gasteiger partial charge in [-0.15, -0.1) is 0 Å². The molecule has 1 aromatic carbocycles. The second kappa shape index (κ2) is 7.24. The van der Waals surface area contributed by atoms with E-state index in [-0.39, 0.29) is 0 Å². The number of hydrogen-bond donors (Lipinski definition) is 1. The van der Waals surface area contributed by atoms with Crippen LogP contribution in [0.1, 0.15) is 45.1 Å². The predicted molar refractivity (Wildman–Crippen MR) is 84.8 cm³/mol. The minimum Gasteiger partial charge on any atom is -0.389 e. The average Bonchev–Trinajstić information content (AvgIpc) is 2.50. The molecular formula is C18H29NO. The van der Waals surface area contributed by atoms with E-state index in [1.54, 1.807) is 0 Å². The molecule has 0 aliphatic carbocycles. The maximum absolute atomic E-state index is 10.4. The molecular weight excluding hydrogens is 246 g/mol. The lowest BCUT2D eigenvalue weighted by Crippen LogP contribution is -2.45. The summed E-state index contributed by atoms with van der Waals surface area (Å²) in [5, 5.41) is 10.4. The van der Waals surface area contributed by atoms with Crippen molar-refractivity contribution in [3.8, 4) is 0 Å². The van der Waals surface area contributed by atoms with Crippen molar-refractivity contribution >= 4 is 0 Å². The molecule has 0 aromatic heterocycles. The Morgan fingerprint density at radius 3 is 2.25 bits per heavy atom. The number of likely N-dealkylation sites (tertiary alicyclic amines) is 1. The first kappa shape index (κ1) is 15.5. The Hall–Kier alpha value is -0.860. The Morgan fingerprint density at radius 1 is 1.10 bits per heavy atom. The summed E-state index contributed by atoms with van der Waals surface area (Å²) in [5.74, 6) is 0.810. The van der Waals surface area contributed by atoms with Crippen molar-refractivity contribution in [3.05, 3.63) is 35.9 Å². The number of β-amino-alcohol motifs (C(OH)–C–C–N with tert-alkyl or cyclic N) is 1. The minimum atomic E-state index is -0.480. The summed E-state index contributed by atoms with van der Waals surface area (Å²) < 4.78 is 0. The SMILES string of the molecule is CCC(O)(CC)CN1CCC(Cc2ccccc2)CC1. The lowest BCUT2D eigenvalue weighted by Gasteiger charge is -2.37. The van der Waals surface area contributed by atoms with Crippen LogP contribution in [-0.2, 0) is 6.42 Å². The van der Waals surface area contributed by atoms with Gasteiger partial charge >= 0.3 is 0 Å². The number of nitrogens with zero attached hydrogens (tertiary/aromatic N) is 1. The van der Waals surface area contributed by atoms with Crippen LogP contribution in [0.25, 0.3) is 0 Å². The quantitative estimate of drug-likeness (QED) is 0.859. The molecule has 112 valence electrons. The Labute approximate surface area is 123 Å². The largest absolute Gasteiger partial charge is 0.389 e. The summed E-state index contributed by atoms with van der Waals surface area (Å²) in [6.45, 7) is 7.30. The molecule has 0 bridgehead atoms. The van der Waals surface area contributed by atoms with Gasteiger partial charge in [-0.1, -0.05) is 44.2 Å². The van der Waals surface area contributed by atoms with Crippen LogP contribution < -0.4 is 0 Å². The smallest absolute Gasteiger partial charge is 0.0768 e. The van der Waals surface area contributed by atoms with Crippen LogP contribution >= 0.6 is 0 Å². The number of aliphatic hydroxyl groups is 1. The van der Waals surface area contributed by atoms with E-state index in [1.807, 2.05) is 0 Å². The summed E-state index contributed by atoms with van der Waals surface area (Å²) in [5.41, 5.74) is 0.983. The van der Waals surface area contributed by atoms with Gasteiger partial charge in [0.1, 0.15) is 0 Å². The molecule has 20 heavy (non-hydrogen) atoms. The zero-order valence-corrected chi connectivity index (χ0v) is 13.0. The van der Waals surface area contributed by atoms with Crippen LogP contribution in [0.2, 0.25) is 0 Å². The second-order valence-electron chi connectivity index (χ2n) is 6.34. The maximum atomic E-state index is 10.4. The van der Waals surface area contributed by atoms with Crippen molar-refractivity contribution in [2.75, 3.05) is 19.6 Å². The van der Waals surface area contributed by atoms with Crippen LogP contribution in [0.5, 0.6) is 0 Å². The topological polar surface area (TPSA) is 23.5 Å². The molecule has 0 unspecified atom stereocenters. The number of benzene rings is 1. The first-order valence-corrected chi connectivity index (χ1v) is 8.14. The molecule has 0 spiro atoms. The molecule has 0 radical (unpaired) electrons. The molecule has 1 saturated heterocycles. The fourth-order valence-electron chi connectivity index (χ4n) is 3.19. The lowest BCUT2D eigenvalue weighted by molar-refractivity contribution is -0.0115. The van der Waals surface area contributed by atoms with Gasteiger partial charge in [-0.05, 0) is 56.7 Å². The summed E-state index contributed by atoms with van der Waals surface area (Å²) in [7, 11) is 0. The fraction of sp³-hybridized carbons (Fsp3) is 0.667. The van der Waals surface area contributed by atoms with Gasteiger partial charge in [0.25, 0.3) is 0 Å². The van der Waals surface area contributed by atoms with Crippen molar-refractivity contribution in [2.24, 2.45) is 5.92 Å². The van der Waals surface area contributed by atoms with Crippen LogP contribution in [0.15, 0.2) is 30.3 Å². The first-order valence-electron chi connectivity index (χ1n) is 8.14. The Kier molecular flexibility index (Phi) is 5.62. The molecule has 1 aliphatic heterocycles. The van der Waals surface area contributed by atoms with Gasteiger partial charge in [0.15, 0.2) is 0 Å². The molecule has 2 nitrogen and oxygen atoms in total. The van der Waals surface area contributed by atoms with E-state index in [0.717, 1.165) is 38.4 Å². The monoisotopic (exact) mass is 275 g/mol. The van der Waals surface area contributed by atoms with Gasteiger partial charge < -0.3 is 10.0 Å². The summed E-state index contributed by atoms with van der Waals surface area (Å²) >= 11 is 0. The van der Waals surface area contributed by atoms with E-state index in [0.29, 0.717) is 0 Å². The minimum absolute atomic E-state index is 0.480. The molecule has 0 amide bonds. The number of piperidine rings is 1. The standard InChI is InChI=1S/C18H29NO/c1-3-18(20,4-2)15-19-12-10-17(11-13-19)14-16-8-6-5-7-9-16/h5-9,17,20H,3-4,10-15H2,1-2H3. The Morgan fingerprint density at radius 2 is 1.70 bits per heavy atom. The van der Waals surface area contributed by atoms with Crippen molar-refractivity contribution in [2.45, 2.75) is 51.6 Å². The molecule has 2 rings (SSSR count). The fourth-order valence-corrected chi connectivity index (χ4v) is 3.19. The van der Waals surface area contributed by atoms with Crippen molar-refractivity contribution in [3.63, 3.8) is 0 Å². The van der Waals surface area contributed by atoms with Crippen molar-refractivity contribution < 1.29 is 5.11 Å². The zero-order valence-electron chi connectivity index (χ0n) is 13.0. The van der Waals surface area contributed by atoms with Crippen LogP contribution in [0.4, 0.5) is 0 Å². The summed E-state index contributed by atoms with van der Waals surface area (Å²) in [4.78, 5) is 2.45. The zero-order chi connectivity index (χ0) is 14.4. The van der Waals surface area contributed by atoms with Gasteiger partial charge in [-0.3, -0.25) is 0 Å². The number of rotatable bonds is 6. The van der Waals surface area contributed by atoms with Crippen LogP contribution in [-0.4, -0.2) is 35.2 Å². The van der Waals surface area contributed by atoms with E-state index >= 15 is 0 Å². The van der Waals surface area contributed by atoms with Gasteiger partial charge in [-0.2, -0.15) is 0 Å². The normalized spacial score (nSPS) is 18.4. The van der Waals surface area contributed by atoms with Crippen molar-refractivity contribution in [1.29, 1.82) is 0 Å². The third kappa shape index (κ3) is 4.32. The number of hydrogen-bond acceptors (Lipinski definition) is 2. The molecule has 1 N–H and O–H groups in total. The van der Waals surface area contributed by atoms with E-state index in [2.05, 4.69) is 49.1 Å². The Bertz CT molecular complexity index is 378. The highest BCUT2D eigenvalue weighted by Crippen LogP contribution is 2.24. The van der Waals surface area contributed by atoms with E-state index in [1.165, 1.54) is 24.8 Å². The molecule has 0 saturated carbocycles. The average molecular weight is 275 g/mol. The Balaban J connectivity index is 1.78. The van der Waals surface area contributed by atoms with Gasteiger partial charge in [0, 0.05) is 6.54 Å². The van der Waals surface area contributed by atoms with Crippen LogP contribution in [0, 0.1) is 5.92 Å². The predicted octanol–water partition coefficient (Wildman–Crippen LogP) is 3.49. The highest BCUT2D eigenvalue weighted by Gasteiger charge is 2.28. The summed E-state index contributed by atoms with van der Waals surface area (Å²) in [6.07, 6.45) is 5.44. The van der Waals surface area contributed by atoms with E-state index < -0.39 is 5.60 Å². The molecule has 1 aromatic rings. The third-order valence-electron chi connectivity index (χ3n) is 4.91. The highest BCUT2D eigenvalue weighted by molar-refractivity contribution is 5.15.